The maximum absolute atomic E-state index is 13.3. The highest BCUT2D eigenvalue weighted by atomic mass is 19.1. The molecule has 248 valence electrons. The Morgan fingerprint density at radius 3 is 2.24 bits per heavy atom. The number of amides is 1. The zero-order valence-corrected chi connectivity index (χ0v) is 27.7. The fourth-order valence-electron chi connectivity index (χ4n) is 5.14. The summed E-state index contributed by atoms with van der Waals surface area (Å²) >= 11 is 0. The fourth-order valence-corrected chi connectivity index (χ4v) is 5.14. The molecule has 3 heterocycles. The van der Waals surface area contributed by atoms with Gasteiger partial charge in [-0.15, -0.1) is 0 Å². The minimum Gasteiger partial charge on any atom is -0.492 e. The number of Topliss-reactive ketones (excluding diaryl/α,β-unsaturated/α-hetero) is 1. The third-order valence-electron chi connectivity index (χ3n) is 8.44. The number of benzene rings is 2. The molecule has 0 spiro atoms. The topological polar surface area (TPSA) is 93.2 Å². The van der Waals surface area contributed by atoms with Gasteiger partial charge in [-0.25, -0.2) is 4.39 Å². The number of rotatable bonds is 10. The summed E-state index contributed by atoms with van der Waals surface area (Å²) in [5, 5.41) is 2.97. The van der Waals surface area contributed by atoms with Crippen LogP contribution in [-0.2, 0) is 9.47 Å². The first-order chi connectivity index (χ1) is 22.1. The number of nitrogens with one attached hydrogen (secondary N) is 1. The molecule has 1 atom stereocenters. The summed E-state index contributed by atoms with van der Waals surface area (Å²) in [6.45, 7) is 17.6. The number of pyridine rings is 1. The molecule has 2 aliphatic rings. The number of halogens is 1. The van der Waals surface area contributed by atoms with Gasteiger partial charge in [-0.1, -0.05) is 20.8 Å². The van der Waals surface area contributed by atoms with Crippen molar-refractivity contribution in [1.29, 1.82) is 0 Å². The van der Waals surface area contributed by atoms with Crippen molar-refractivity contribution in [3.63, 3.8) is 0 Å². The molecule has 0 radical (unpaired) electrons. The Kier molecular flexibility index (Phi) is 13.1. The van der Waals surface area contributed by atoms with E-state index in [0.717, 1.165) is 74.3 Å². The predicted molar refractivity (Wildman–Crippen MR) is 179 cm³/mol. The molecule has 46 heavy (non-hydrogen) atoms. The van der Waals surface area contributed by atoms with Crippen LogP contribution in [0.4, 0.5) is 15.8 Å². The van der Waals surface area contributed by atoms with Crippen LogP contribution >= 0.6 is 0 Å². The molecule has 10 heteroatoms. The van der Waals surface area contributed by atoms with Crippen LogP contribution in [0.25, 0.3) is 0 Å². The minimum atomic E-state index is -0.366. The highest BCUT2D eigenvalue weighted by Gasteiger charge is 2.17. The van der Waals surface area contributed by atoms with Gasteiger partial charge in [0.05, 0.1) is 32.0 Å². The van der Waals surface area contributed by atoms with Crippen LogP contribution in [0.5, 0.6) is 5.75 Å². The monoisotopic (exact) mass is 634 g/mol. The number of ether oxygens (including phenoxy) is 3. The van der Waals surface area contributed by atoms with Crippen LogP contribution in [0.1, 0.15) is 65.6 Å². The third-order valence-corrected chi connectivity index (χ3v) is 8.44. The van der Waals surface area contributed by atoms with Crippen LogP contribution < -0.4 is 15.0 Å². The SMILES string of the molecule is CC(=O)c1cc(F)cc(N2CCOCC2)c1.Cc1ncc([C@@H](C)C(C)C)cc1C(=O)Nc1ccc(OCCN2CCOCC2)cc1. The summed E-state index contributed by atoms with van der Waals surface area (Å²) < 4.78 is 29.7. The van der Waals surface area contributed by atoms with Gasteiger partial charge in [-0.2, -0.15) is 0 Å². The van der Waals surface area contributed by atoms with E-state index >= 15 is 0 Å². The van der Waals surface area contributed by atoms with E-state index in [9.17, 15) is 14.0 Å². The number of hydrogen-bond acceptors (Lipinski definition) is 8. The number of aryl methyl sites for hydroxylation is 1. The van der Waals surface area contributed by atoms with E-state index in [-0.39, 0.29) is 17.5 Å². The lowest BCUT2D eigenvalue weighted by molar-refractivity contribution is 0.0322. The molecule has 0 aliphatic carbocycles. The molecule has 0 saturated carbocycles. The molecule has 0 bridgehead atoms. The zero-order valence-electron chi connectivity index (χ0n) is 27.7. The molecule has 2 aliphatic heterocycles. The van der Waals surface area contributed by atoms with Gasteiger partial charge in [0.25, 0.3) is 5.91 Å². The number of hydrogen-bond donors (Lipinski definition) is 1. The van der Waals surface area contributed by atoms with E-state index in [1.54, 1.807) is 6.07 Å². The summed E-state index contributed by atoms with van der Waals surface area (Å²) in [4.78, 5) is 32.8. The number of ketones is 1. The van der Waals surface area contributed by atoms with Gasteiger partial charge in [-0.05, 0) is 79.8 Å². The van der Waals surface area contributed by atoms with E-state index in [4.69, 9.17) is 14.2 Å². The average molecular weight is 635 g/mol. The van der Waals surface area contributed by atoms with Gasteiger partial charge in [0.15, 0.2) is 5.78 Å². The van der Waals surface area contributed by atoms with Crippen LogP contribution in [0.2, 0.25) is 0 Å². The van der Waals surface area contributed by atoms with Crippen molar-refractivity contribution < 1.29 is 28.2 Å². The Bertz CT molecular complexity index is 1440. The van der Waals surface area contributed by atoms with Gasteiger partial charge >= 0.3 is 0 Å². The van der Waals surface area contributed by atoms with Gasteiger partial charge in [0.2, 0.25) is 0 Å². The van der Waals surface area contributed by atoms with Crippen LogP contribution in [0.15, 0.2) is 54.7 Å². The van der Waals surface area contributed by atoms with E-state index in [1.165, 1.54) is 19.1 Å². The molecule has 9 nitrogen and oxygen atoms in total. The number of carbonyl (C=O) groups is 2. The van der Waals surface area contributed by atoms with Crippen molar-refractivity contribution in [3.8, 4) is 5.75 Å². The van der Waals surface area contributed by atoms with Crippen LogP contribution in [0, 0.1) is 18.7 Å². The van der Waals surface area contributed by atoms with Gasteiger partial charge in [0, 0.05) is 61.6 Å². The maximum atomic E-state index is 13.3. The van der Waals surface area contributed by atoms with Crippen LogP contribution in [0.3, 0.4) is 0 Å². The molecule has 2 aromatic carbocycles. The van der Waals surface area contributed by atoms with Crippen molar-refractivity contribution >= 4 is 23.1 Å². The van der Waals surface area contributed by atoms with Crippen molar-refractivity contribution in [3.05, 3.63) is 82.9 Å². The summed E-state index contributed by atoms with van der Waals surface area (Å²) in [7, 11) is 0. The first-order valence-corrected chi connectivity index (χ1v) is 16.1. The van der Waals surface area contributed by atoms with E-state index in [1.807, 2.05) is 48.4 Å². The highest BCUT2D eigenvalue weighted by Crippen LogP contribution is 2.25. The summed E-state index contributed by atoms with van der Waals surface area (Å²) in [6, 6.07) is 13.9. The average Bonchev–Trinajstić information content (AvgIpc) is 3.06. The molecule has 1 amide bonds. The van der Waals surface area contributed by atoms with E-state index in [0.29, 0.717) is 42.8 Å². The van der Waals surface area contributed by atoms with Crippen LogP contribution in [-0.4, -0.2) is 87.3 Å². The van der Waals surface area contributed by atoms with Gasteiger partial charge < -0.3 is 24.4 Å². The minimum absolute atomic E-state index is 0.117. The normalized spacial score (nSPS) is 15.9. The Morgan fingerprint density at radius 1 is 0.957 bits per heavy atom. The molecule has 1 aromatic heterocycles. The summed E-state index contributed by atoms with van der Waals surface area (Å²) in [6.07, 6.45) is 1.87. The lowest BCUT2D eigenvalue weighted by Gasteiger charge is -2.29. The zero-order chi connectivity index (χ0) is 33.1. The first-order valence-electron chi connectivity index (χ1n) is 16.1. The Hall–Kier alpha value is -3.86. The largest absolute Gasteiger partial charge is 0.492 e. The van der Waals surface area contributed by atoms with Crippen molar-refractivity contribution in [1.82, 2.24) is 9.88 Å². The Morgan fingerprint density at radius 2 is 1.61 bits per heavy atom. The number of nitrogens with zero attached hydrogens (tertiary/aromatic N) is 3. The number of anilines is 2. The molecule has 2 saturated heterocycles. The quantitative estimate of drug-likeness (QED) is 0.273. The second kappa shape index (κ2) is 17.2. The molecular formula is C36H47FN4O5. The summed E-state index contributed by atoms with van der Waals surface area (Å²) in [5.41, 5.74) is 4.35. The highest BCUT2D eigenvalue weighted by molar-refractivity contribution is 6.05. The second-order valence-corrected chi connectivity index (χ2v) is 12.1. The Balaban J connectivity index is 0.000000252. The fraction of sp³-hybridized carbons (Fsp3) is 0.472. The maximum Gasteiger partial charge on any atom is 0.257 e. The second-order valence-electron chi connectivity index (χ2n) is 12.1. The van der Waals surface area contributed by atoms with E-state index in [2.05, 4.69) is 36.0 Å². The van der Waals surface area contributed by atoms with Gasteiger partial charge in [0.1, 0.15) is 18.2 Å². The number of aromatic nitrogens is 1. The van der Waals surface area contributed by atoms with Crippen molar-refractivity contribution in [2.24, 2.45) is 5.92 Å². The standard InChI is InChI=1S/C24H33N3O3.C12H14FNO2/c1-17(2)18(3)20-15-23(19(4)25-16-20)24(28)26-21-5-7-22(8-6-21)30-14-11-27-9-12-29-13-10-27;1-9(15)10-6-11(13)8-12(7-10)14-2-4-16-5-3-14/h5-8,15-18H,9-14H2,1-4H3,(H,26,28);6-8H,2-5H2,1H3/t18-;/m0./s1. The number of morpholine rings is 2. The molecule has 3 aromatic rings. The van der Waals surface area contributed by atoms with Crippen molar-refractivity contribution in [2.45, 2.75) is 40.5 Å². The third kappa shape index (κ3) is 10.3. The molecule has 1 N–H and O–H groups in total. The first kappa shape index (κ1) is 35.0. The molecule has 0 unspecified atom stereocenters. The number of carbonyl (C=O) groups excluding carboxylic acids is 2. The summed E-state index contributed by atoms with van der Waals surface area (Å²) in [5.74, 6) is 1.01. The molecule has 2 fully saturated rings. The smallest absolute Gasteiger partial charge is 0.257 e. The molecule has 5 rings (SSSR count). The molecular weight excluding hydrogens is 587 g/mol. The lowest BCUT2D eigenvalue weighted by atomic mass is 9.90. The predicted octanol–water partition coefficient (Wildman–Crippen LogP) is 5.98. The van der Waals surface area contributed by atoms with Gasteiger partial charge in [-0.3, -0.25) is 19.5 Å². The van der Waals surface area contributed by atoms with Crippen molar-refractivity contribution in [2.75, 3.05) is 76.0 Å². The van der Waals surface area contributed by atoms with E-state index < -0.39 is 0 Å². The Labute approximate surface area is 272 Å². The lowest BCUT2D eigenvalue weighted by Crippen LogP contribution is -2.38.